The van der Waals surface area contributed by atoms with E-state index in [1.54, 1.807) is 21.7 Å². The Labute approximate surface area is 207 Å². The maximum Gasteiger partial charge on any atom is 0.247 e. The van der Waals surface area contributed by atoms with Crippen LogP contribution in [0.2, 0.25) is 0 Å². The summed E-state index contributed by atoms with van der Waals surface area (Å²) < 4.78 is 1.78. The smallest absolute Gasteiger partial charge is 0.247 e. The van der Waals surface area contributed by atoms with Gasteiger partial charge in [-0.15, -0.1) is 11.3 Å². The van der Waals surface area contributed by atoms with E-state index in [0.29, 0.717) is 29.2 Å². The van der Waals surface area contributed by atoms with E-state index in [1.165, 1.54) is 11.3 Å². The number of ketones is 2. The summed E-state index contributed by atoms with van der Waals surface area (Å²) >= 11 is 1.35. The third kappa shape index (κ3) is 5.40. The number of carbonyl (C=O) groups excluding carboxylic acids is 4. The zero-order chi connectivity index (χ0) is 24.9. The molecule has 3 heterocycles. The minimum absolute atomic E-state index is 0.000718. The molecule has 4 rings (SSSR count). The first-order valence-electron chi connectivity index (χ1n) is 11.6. The molecule has 1 fully saturated rings. The number of hydrogen-bond acceptors (Lipinski definition) is 6. The Kier molecular flexibility index (Phi) is 7.55. The monoisotopic (exact) mass is 492 g/mol. The molecule has 1 saturated heterocycles. The first-order valence-corrected chi connectivity index (χ1v) is 12.5. The molecule has 35 heavy (non-hydrogen) atoms. The minimum Gasteiger partial charge on any atom is -0.352 e. The van der Waals surface area contributed by atoms with Crippen molar-refractivity contribution in [3.63, 3.8) is 0 Å². The fourth-order valence-corrected chi connectivity index (χ4v) is 5.12. The Morgan fingerprint density at radius 1 is 1.03 bits per heavy atom. The highest BCUT2D eigenvalue weighted by Crippen LogP contribution is 2.31. The lowest BCUT2D eigenvalue weighted by Gasteiger charge is -2.35. The van der Waals surface area contributed by atoms with Gasteiger partial charge in [-0.1, -0.05) is 24.3 Å². The number of benzene rings is 1. The van der Waals surface area contributed by atoms with Crippen molar-refractivity contribution in [1.29, 1.82) is 0 Å². The zero-order valence-electron chi connectivity index (χ0n) is 19.8. The Morgan fingerprint density at radius 2 is 1.77 bits per heavy atom. The summed E-state index contributed by atoms with van der Waals surface area (Å²) in [7, 11) is 0. The molecular weight excluding hydrogens is 464 g/mol. The molecule has 0 radical (unpaired) electrons. The van der Waals surface area contributed by atoms with Crippen LogP contribution in [0.3, 0.4) is 0 Å². The van der Waals surface area contributed by atoms with Gasteiger partial charge in [-0.2, -0.15) is 5.10 Å². The Morgan fingerprint density at radius 3 is 2.49 bits per heavy atom. The summed E-state index contributed by atoms with van der Waals surface area (Å²) in [5.74, 6) is -0.704. The molecule has 2 amide bonds. The van der Waals surface area contributed by atoms with Crippen molar-refractivity contribution >= 4 is 34.7 Å². The molecule has 1 aliphatic heterocycles. The number of carbonyl (C=O) groups is 4. The number of nitrogens with zero attached hydrogens (tertiary/aromatic N) is 3. The standard InChI is InChI=1S/C26H28N4O4S/c1-17-24(18(2)30(28-17)19-7-4-3-5-8-19)25-26(34)27-14-15-29(25)23(33)13-11-20(31)10-12-21(32)22-9-6-16-35-22/h3-9,16,25H,10-15H2,1-2H3,(H,27,34)/t25-/m1/s1. The van der Waals surface area contributed by atoms with Crippen molar-refractivity contribution in [2.45, 2.75) is 45.6 Å². The number of piperazine rings is 1. The lowest BCUT2D eigenvalue weighted by Crippen LogP contribution is -2.52. The number of aromatic nitrogens is 2. The largest absolute Gasteiger partial charge is 0.352 e. The quantitative estimate of drug-likeness (QED) is 0.460. The van der Waals surface area contributed by atoms with Crippen LogP contribution in [0.5, 0.6) is 0 Å². The molecule has 3 aromatic rings. The van der Waals surface area contributed by atoms with Crippen LogP contribution in [0.4, 0.5) is 0 Å². The topological polar surface area (TPSA) is 101 Å². The van der Waals surface area contributed by atoms with Crippen LogP contribution in [-0.2, 0) is 14.4 Å². The average molecular weight is 493 g/mol. The van der Waals surface area contributed by atoms with Gasteiger partial charge in [0, 0.05) is 50.0 Å². The fourth-order valence-electron chi connectivity index (χ4n) is 4.42. The van der Waals surface area contributed by atoms with Crippen molar-refractivity contribution in [2.75, 3.05) is 13.1 Å². The van der Waals surface area contributed by atoms with Gasteiger partial charge >= 0.3 is 0 Å². The van der Waals surface area contributed by atoms with Gasteiger partial charge in [-0.3, -0.25) is 19.2 Å². The van der Waals surface area contributed by atoms with Gasteiger partial charge in [0.15, 0.2) is 5.78 Å². The number of aryl methyl sites for hydroxylation is 1. The maximum atomic E-state index is 13.2. The summed E-state index contributed by atoms with van der Waals surface area (Å²) in [6, 6.07) is 12.4. The molecule has 1 N–H and O–H groups in total. The van der Waals surface area contributed by atoms with E-state index in [1.807, 2.05) is 49.6 Å². The van der Waals surface area contributed by atoms with Crippen LogP contribution >= 0.6 is 11.3 Å². The predicted octanol–water partition coefficient (Wildman–Crippen LogP) is 3.56. The Hall–Kier alpha value is -3.59. The Balaban J connectivity index is 1.45. The van der Waals surface area contributed by atoms with Crippen LogP contribution in [0.25, 0.3) is 5.69 Å². The third-order valence-electron chi connectivity index (χ3n) is 6.20. The molecule has 0 spiro atoms. The van der Waals surface area contributed by atoms with Crippen LogP contribution in [0, 0.1) is 13.8 Å². The highest BCUT2D eigenvalue weighted by Gasteiger charge is 2.37. The molecule has 0 saturated carbocycles. The summed E-state index contributed by atoms with van der Waals surface area (Å²) in [6.07, 6.45) is 0.290. The summed E-state index contributed by atoms with van der Waals surface area (Å²) in [5.41, 5.74) is 3.04. The third-order valence-corrected chi connectivity index (χ3v) is 7.11. The molecule has 8 nitrogen and oxygen atoms in total. The van der Waals surface area contributed by atoms with Gasteiger partial charge in [0.25, 0.3) is 0 Å². The van der Waals surface area contributed by atoms with E-state index in [-0.39, 0.29) is 49.1 Å². The van der Waals surface area contributed by atoms with Crippen molar-refractivity contribution in [3.8, 4) is 5.69 Å². The van der Waals surface area contributed by atoms with Crippen LogP contribution in [-0.4, -0.2) is 51.2 Å². The highest BCUT2D eigenvalue weighted by atomic mass is 32.1. The van der Waals surface area contributed by atoms with E-state index < -0.39 is 6.04 Å². The van der Waals surface area contributed by atoms with E-state index in [9.17, 15) is 19.2 Å². The van der Waals surface area contributed by atoms with E-state index >= 15 is 0 Å². The van der Waals surface area contributed by atoms with Gasteiger partial charge in [-0.25, -0.2) is 4.68 Å². The summed E-state index contributed by atoms with van der Waals surface area (Å²) in [5, 5.41) is 9.32. The first-order chi connectivity index (χ1) is 16.9. The van der Waals surface area contributed by atoms with Crippen molar-refractivity contribution in [3.05, 3.63) is 69.7 Å². The molecule has 1 aliphatic rings. The molecular formula is C26H28N4O4S. The SMILES string of the molecule is Cc1nn(-c2ccccc2)c(C)c1[C@@H]1C(=O)NCCN1C(=O)CCC(=O)CCC(=O)c1cccs1. The predicted molar refractivity (Wildman–Crippen MR) is 133 cm³/mol. The number of para-hydroxylation sites is 1. The molecule has 1 atom stereocenters. The lowest BCUT2D eigenvalue weighted by atomic mass is 9.99. The number of thiophene rings is 1. The van der Waals surface area contributed by atoms with Gasteiger partial charge in [0.2, 0.25) is 11.8 Å². The van der Waals surface area contributed by atoms with Crippen LogP contribution in [0.1, 0.15) is 58.3 Å². The number of Topliss-reactive ketones (excluding diaryl/α,β-unsaturated/α-hetero) is 2. The second-order valence-electron chi connectivity index (χ2n) is 8.55. The molecule has 9 heteroatoms. The molecule has 1 aromatic carbocycles. The van der Waals surface area contributed by atoms with Crippen molar-refractivity contribution in [2.24, 2.45) is 0 Å². The average Bonchev–Trinajstić information content (AvgIpc) is 3.50. The van der Waals surface area contributed by atoms with Crippen molar-refractivity contribution < 1.29 is 19.2 Å². The van der Waals surface area contributed by atoms with Gasteiger partial charge in [0.1, 0.15) is 11.8 Å². The molecule has 0 unspecified atom stereocenters. The normalized spacial score (nSPS) is 15.7. The number of amides is 2. The minimum atomic E-state index is -0.802. The molecule has 0 bridgehead atoms. The molecule has 2 aromatic heterocycles. The lowest BCUT2D eigenvalue weighted by molar-refractivity contribution is -0.144. The summed E-state index contributed by atoms with van der Waals surface area (Å²) in [6.45, 7) is 4.44. The van der Waals surface area contributed by atoms with Gasteiger partial charge in [-0.05, 0) is 37.4 Å². The fraction of sp³-hybridized carbons (Fsp3) is 0.346. The Bertz CT molecular complexity index is 1230. The molecule has 0 aliphatic carbocycles. The molecule has 182 valence electrons. The first kappa shape index (κ1) is 24.5. The highest BCUT2D eigenvalue weighted by molar-refractivity contribution is 7.12. The van der Waals surface area contributed by atoms with Crippen LogP contribution in [0.15, 0.2) is 47.8 Å². The van der Waals surface area contributed by atoms with E-state index in [0.717, 1.165) is 11.4 Å². The second kappa shape index (κ2) is 10.8. The van der Waals surface area contributed by atoms with Crippen LogP contribution < -0.4 is 5.32 Å². The van der Waals surface area contributed by atoms with E-state index in [2.05, 4.69) is 10.4 Å². The zero-order valence-corrected chi connectivity index (χ0v) is 20.6. The number of nitrogens with one attached hydrogen (secondary N) is 1. The summed E-state index contributed by atoms with van der Waals surface area (Å²) in [4.78, 5) is 52.8. The van der Waals surface area contributed by atoms with E-state index in [4.69, 9.17) is 0 Å². The van der Waals surface area contributed by atoms with Gasteiger partial charge < -0.3 is 10.2 Å². The van der Waals surface area contributed by atoms with Gasteiger partial charge in [0.05, 0.1) is 16.3 Å². The van der Waals surface area contributed by atoms with Crippen molar-refractivity contribution in [1.82, 2.24) is 20.0 Å². The number of rotatable bonds is 9. The number of hydrogen-bond donors (Lipinski definition) is 1. The maximum absolute atomic E-state index is 13.2. The second-order valence-corrected chi connectivity index (χ2v) is 9.50.